The molecule has 0 aliphatic rings. The first-order valence-electron chi connectivity index (χ1n) is 4.44. The quantitative estimate of drug-likeness (QED) is 0.890. The lowest BCUT2D eigenvalue weighted by atomic mass is 10.2. The van der Waals surface area contributed by atoms with E-state index in [9.17, 15) is 0 Å². The lowest BCUT2D eigenvalue weighted by molar-refractivity contribution is 0.677. The Labute approximate surface area is 97.2 Å². The number of halogens is 2. The van der Waals surface area contributed by atoms with Gasteiger partial charge < -0.3 is 11.1 Å². The number of pyridine rings is 1. The molecule has 1 rings (SSSR count). The maximum Gasteiger partial charge on any atom is 0.140 e. The third-order valence-corrected chi connectivity index (χ3v) is 2.68. The summed E-state index contributed by atoms with van der Waals surface area (Å²) in [5.41, 5.74) is 5.77. The zero-order valence-electron chi connectivity index (χ0n) is 7.93. The van der Waals surface area contributed by atoms with Gasteiger partial charge in [0, 0.05) is 18.8 Å². The number of aromatic nitrogens is 1. The highest BCUT2D eigenvalue weighted by molar-refractivity contribution is 9.10. The van der Waals surface area contributed by atoms with Crippen molar-refractivity contribution >= 4 is 33.3 Å². The molecular weight excluding hydrogens is 265 g/mol. The van der Waals surface area contributed by atoms with E-state index in [4.69, 9.17) is 17.3 Å². The summed E-state index contributed by atoms with van der Waals surface area (Å²) in [6.45, 7) is 2.76. The maximum atomic E-state index is 5.77. The normalized spacial score (nSPS) is 12.6. The third-order valence-electron chi connectivity index (χ3n) is 1.86. The summed E-state index contributed by atoms with van der Waals surface area (Å²) in [5.74, 6) is 0.776. The topological polar surface area (TPSA) is 50.9 Å². The van der Waals surface area contributed by atoms with Crippen LogP contribution in [0.3, 0.4) is 0 Å². The molecular formula is C9H13BrClN3. The molecule has 1 heterocycles. The lowest BCUT2D eigenvalue weighted by Crippen LogP contribution is -2.28. The van der Waals surface area contributed by atoms with Crippen LogP contribution in [0.1, 0.15) is 13.3 Å². The van der Waals surface area contributed by atoms with Crippen molar-refractivity contribution in [2.45, 2.75) is 19.4 Å². The van der Waals surface area contributed by atoms with Crippen LogP contribution in [0, 0.1) is 0 Å². The minimum absolute atomic E-state index is 0.152. The van der Waals surface area contributed by atoms with Crippen molar-refractivity contribution in [3.05, 3.63) is 21.8 Å². The van der Waals surface area contributed by atoms with Crippen molar-refractivity contribution in [2.24, 2.45) is 5.73 Å². The van der Waals surface area contributed by atoms with E-state index in [-0.39, 0.29) is 6.04 Å². The highest BCUT2D eigenvalue weighted by Gasteiger charge is 2.03. The molecule has 3 N–H and O–H groups in total. The van der Waals surface area contributed by atoms with Crippen LogP contribution in [0.4, 0.5) is 5.82 Å². The summed E-state index contributed by atoms with van der Waals surface area (Å²) < 4.78 is 0.855. The van der Waals surface area contributed by atoms with Crippen molar-refractivity contribution in [2.75, 3.05) is 11.9 Å². The summed E-state index contributed by atoms with van der Waals surface area (Å²) in [7, 11) is 0. The van der Waals surface area contributed by atoms with E-state index in [2.05, 4.69) is 33.2 Å². The largest absolute Gasteiger partial charge is 0.368 e. The van der Waals surface area contributed by atoms with Gasteiger partial charge in [-0.1, -0.05) is 18.5 Å². The number of rotatable bonds is 4. The second kappa shape index (κ2) is 5.53. The fraction of sp³-hybridized carbons (Fsp3) is 0.444. The van der Waals surface area contributed by atoms with Crippen LogP contribution >= 0.6 is 27.5 Å². The maximum absolute atomic E-state index is 5.77. The van der Waals surface area contributed by atoms with Crippen molar-refractivity contribution in [1.82, 2.24) is 4.98 Å². The van der Waals surface area contributed by atoms with Gasteiger partial charge in [0.2, 0.25) is 0 Å². The highest BCUT2D eigenvalue weighted by Crippen LogP contribution is 2.22. The van der Waals surface area contributed by atoms with Crippen LogP contribution in [0.5, 0.6) is 0 Å². The van der Waals surface area contributed by atoms with Crippen LogP contribution in [0.2, 0.25) is 5.02 Å². The molecule has 14 heavy (non-hydrogen) atoms. The molecule has 1 atom stereocenters. The monoisotopic (exact) mass is 277 g/mol. The number of nitrogens with zero attached hydrogens (tertiary/aromatic N) is 1. The second-order valence-corrected chi connectivity index (χ2v) is 4.32. The molecule has 0 aliphatic carbocycles. The molecule has 0 spiro atoms. The zero-order valence-corrected chi connectivity index (χ0v) is 10.3. The van der Waals surface area contributed by atoms with Gasteiger partial charge in [0.25, 0.3) is 0 Å². The lowest BCUT2D eigenvalue weighted by Gasteiger charge is -2.11. The van der Waals surface area contributed by atoms with Gasteiger partial charge in [-0.15, -0.1) is 0 Å². The molecule has 0 fully saturated rings. The Morgan fingerprint density at radius 2 is 2.43 bits per heavy atom. The molecule has 0 aromatic carbocycles. The van der Waals surface area contributed by atoms with Crippen LogP contribution in [-0.2, 0) is 0 Å². The fourth-order valence-corrected chi connectivity index (χ4v) is 1.70. The van der Waals surface area contributed by atoms with Gasteiger partial charge in [0.1, 0.15) is 5.82 Å². The number of nitrogens with one attached hydrogen (secondary N) is 1. The van der Waals surface area contributed by atoms with E-state index in [1.165, 1.54) is 0 Å². The first kappa shape index (κ1) is 11.8. The summed E-state index contributed by atoms with van der Waals surface area (Å²) in [6, 6.07) is 1.95. The Balaban J connectivity index is 2.59. The Kier molecular flexibility index (Phi) is 4.65. The molecule has 0 saturated heterocycles. The predicted octanol–water partition coefficient (Wildman–Crippen LogP) is 2.65. The Bertz CT molecular complexity index is 306. The molecule has 0 radical (unpaired) electrons. The number of hydrogen-bond donors (Lipinski definition) is 2. The summed E-state index contributed by atoms with van der Waals surface area (Å²) in [4.78, 5) is 4.14. The standard InChI is InChI=1S/C9H13BrClN3/c1-2-7(12)5-14-9-8(10)3-6(11)4-13-9/h3-4,7H,2,5,12H2,1H3,(H,13,14). The fourth-order valence-electron chi connectivity index (χ4n) is 0.917. The molecule has 0 aliphatic heterocycles. The van der Waals surface area contributed by atoms with Gasteiger partial charge >= 0.3 is 0 Å². The first-order valence-corrected chi connectivity index (χ1v) is 5.61. The molecule has 0 amide bonds. The average molecular weight is 279 g/mol. The highest BCUT2D eigenvalue weighted by atomic mass is 79.9. The minimum atomic E-state index is 0.152. The average Bonchev–Trinajstić information content (AvgIpc) is 2.16. The van der Waals surface area contributed by atoms with Gasteiger partial charge in [-0.2, -0.15) is 0 Å². The smallest absolute Gasteiger partial charge is 0.140 e. The van der Waals surface area contributed by atoms with Crippen molar-refractivity contribution in [3.63, 3.8) is 0 Å². The van der Waals surface area contributed by atoms with Gasteiger partial charge in [0.15, 0.2) is 0 Å². The number of nitrogens with two attached hydrogens (primary N) is 1. The molecule has 0 saturated carbocycles. The summed E-state index contributed by atoms with van der Waals surface area (Å²) in [6.07, 6.45) is 2.55. The molecule has 3 nitrogen and oxygen atoms in total. The van der Waals surface area contributed by atoms with Gasteiger partial charge in [-0.25, -0.2) is 4.98 Å². The molecule has 1 aromatic rings. The van der Waals surface area contributed by atoms with Gasteiger partial charge in [-0.3, -0.25) is 0 Å². The predicted molar refractivity (Wildman–Crippen MR) is 63.7 cm³/mol. The molecule has 1 unspecified atom stereocenters. The van der Waals surface area contributed by atoms with Crippen LogP contribution in [-0.4, -0.2) is 17.6 Å². The van der Waals surface area contributed by atoms with E-state index in [1.54, 1.807) is 12.3 Å². The molecule has 0 bridgehead atoms. The van der Waals surface area contributed by atoms with Crippen molar-refractivity contribution < 1.29 is 0 Å². The van der Waals surface area contributed by atoms with Crippen LogP contribution in [0.15, 0.2) is 16.7 Å². The summed E-state index contributed by atoms with van der Waals surface area (Å²) >= 11 is 9.13. The number of hydrogen-bond acceptors (Lipinski definition) is 3. The van der Waals surface area contributed by atoms with Crippen molar-refractivity contribution in [3.8, 4) is 0 Å². The van der Waals surface area contributed by atoms with Gasteiger partial charge in [0.05, 0.1) is 9.50 Å². The van der Waals surface area contributed by atoms with E-state index in [1.807, 2.05) is 0 Å². The molecule has 78 valence electrons. The minimum Gasteiger partial charge on any atom is -0.368 e. The Morgan fingerprint density at radius 3 is 3.00 bits per heavy atom. The Hall–Kier alpha value is -0.320. The second-order valence-electron chi connectivity index (χ2n) is 3.03. The molecule has 1 aromatic heterocycles. The molecule has 5 heteroatoms. The van der Waals surface area contributed by atoms with Gasteiger partial charge in [-0.05, 0) is 28.4 Å². The third kappa shape index (κ3) is 3.44. The number of anilines is 1. The van der Waals surface area contributed by atoms with E-state index in [0.29, 0.717) is 11.6 Å². The van der Waals surface area contributed by atoms with E-state index >= 15 is 0 Å². The first-order chi connectivity index (χ1) is 6.63. The van der Waals surface area contributed by atoms with E-state index in [0.717, 1.165) is 16.7 Å². The zero-order chi connectivity index (χ0) is 10.6. The summed E-state index contributed by atoms with van der Waals surface area (Å²) in [5, 5.41) is 3.76. The van der Waals surface area contributed by atoms with E-state index < -0.39 is 0 Å². The van der Waals surface area contributed by atoms with Crippen molar-refractivity contribution in [1.29, 1.82) is 0 Å². The van der Waals surface area contributed by atoms with Crippen LogP contribution in [0.25, 0.3) is 0 Å². The Morgan fingerprint density at radius 1 is 1.71 bits per heavy atom. The van der Waals surface area contributed by atoms with Crippen LogP contribution < -0.4 is 11.1 Å². The SMILES string of the molecule is CCC(N)CNc1ncc(Cl)cc1Br.